The van der Waals surface area contributed by atoms with Crippen molar-refractivity contribution < 1.29 is 30.7 Å². The van der Waals surface area contributed by atoms with Crippen LogP contribution in [0.15, 0.2) is 0 Å². The van der Waals surface area contributed by atoms with Gasteiger partial charge in [0.1, 0.15) is 6.04 Å². The molecule has 1 atom stereocenters. The van der Waals surface area contributed by atoms with Crippen LogP contribution in [-0.2, 0) is 25.0 Å². The third-order valence-electron chi connectivity index (χ3n) is 1.99. The number of carbonyl (C=O) groups is 1. The van der Waals surface area contributed by atoms with E-state index in [1.165, 1.54) is 0 Å². The van der Waals surface area contributed by atoms with E-state index in [4.69, 9.17) is 14.8 Å². The maximum Gasteiger partial charge on any atom is 0.266 e. The second-order valence-electron chi connectivity index (χ2n) is 3.66. The van der Waals surface area contributed by atoms with Gasteiger partial charge in [0, 0.05) is 17.5 Å². The van der Waals surface area contributed by atoms with E-state index >= 15 is 0 Å². The number of hydrogen-bond acceptors (Lipinski definition) is 6. The maximum atomic E-state index is 11.8. The van der Waals surface area contributed by atoms with E-state index in [2.05, 4.69) is 0 Å². The topological polar surface area (TPSA) is 155 Å². The quantitative estimate of drug-likeness (QED) is 0.235. The summed E-state index contributed by atoms with van der Waals surface area (Å²) in [6.07, 6.45) is 0. The van der Waals surface area contributed by atoms with Crippen LogP contribution in [0.4, 0.5) is 0 Å². The minimum absolute atomic E-state index is 0.147. The highest BCUT2D eigenvalue weighted by molar-refractivity contribution is 14.1. The summed E-state index contributed by atoms with van der Waals surface area (Å²) in [6, 6.07) is -1.49. The Labute approximate surface area is 125 Å². The van der Waals surface area contributed by atoms with E-state index < -0.39 is 43.7 Å². The number of alkyl halides is 1. The van der Waals surface area contributed by atoms with E-state index in [0.717, 1.165) is 4.90 Å². The lowest BCUT2D eigenvalue weighted by molar-refractivity contribution is -0.131. The van der Waals surface area contributed by atoms with Gasteiger partial charge >= 0.3 is 0 Å². The van der Waals surface area contributed by atoms with Crippen LogP contribution in [0.5, 0.6) is 0 Å². The van der Waals surface area contributed by atoms with Crippen molar-refractivity contribution in [2.45, 2.75) is 6.04 Å². The molecule has 12 heteroatoms. The van der Waals surface area contributed by atoms with Gasteiger partial charge in [0.15, 0.2) is 0 Å². The van der Waals surface area contributed by atoms with Crippen LogP contribution < -0.4 is 5.73 Å². The lowest BCUT2D eigenvalue weighted by Crippen LogP contribution is -2.49. The van der Waals surface area contributed by atoms with Gasteiger partial charge in [-0.05, 0) is 0 Å². The maximum absolute atomic E-state index is 11.8. The van der Waals surface area contributed by atoms with Gasteiger partial charge in [-0.3, -0.25) is 13.9 Å². The molecule has 0 aliphatic carbocycles. The van der Waals surface area contributed by atoms with Crippen LogP contribution in [-0.4, -0.2) is 71.8 Å². The summed E-state index contributed by atoms with van der Waals surface area (Å²) in [4.78, 5) is 12.8. The Hall–Kier alpha value is -0.0200. The van der Waals surface area contributed by atoms with Crippen molar-refractivity contribution in [3.05, 3.63) is 0 Å². The molecule has 1 amide bonds. The molecule has 0 saturated carbocycles. The van der Waals surface area contributed by atoms with Crippen molar-refractivity contribution in [1.29, 1.82) is 0 Å². The predicted molar refractivity (Wildman–Crippen MR) is 76.3 cm³/mol. The second kappa shape index (κ2) is 7.68. The zero-order valence-corrected chi connectivity index (χ0v) is 13.6. The Kier molecular flexibility index (Phi) is 7.67. The summed E-state index contributed by atoms with van der Waals surface area (Å²) in [7, 11) is -8.64. The summed E-state index contributed by atoms with van der Waals surface area (Å²) in [5.41, 5.74) is 5.33. The number of hydrogen-bond donors (Lipinski definition) is 3. The number of carbonyl (C=O) groups excluding carboxylic acids is 1. The van der Waals surface area contributed by atoms with Gasteiger partial charge in [-0.15, -0.1) is 0 Å². The average molecular weight is 430 g/mol. The third-order valence-corrected chi connectivity index (χ3v) is 3.95. The molecule has 0 aliphatic rings. The second-order valence-corrected chi connectivity index (χ2v) is 7.80. The predicted octanol–water partition coefficient (Wildman–Crippen LogP) is -1.65. The first-order chi connectivity index (χ1) is 8.46. The summed E-state index contributed by atoms with van der Waals surface area (Å²) < 4.78 is 60.1. The molecule has 0 spiro atoms. The minimum atomic E-state index is -4.40. The highest BCUT2D eigenvalue weighted by Gasteiger charge is 2.25. The van der Waals surface area contributed by atoms with Crippen molar-refractivity contribution >= 4 is 48.7 Å². The Bertz CT molecular complexity index is 504. The molecule has 114 valence electrons. The van der Waals surface area contributed by atoms with Crippen molar-refractivity contribution in [3.63, 3.8) is 0 Å². The van der Waals surface area contributed by atoms with Crippen molar-refractivity contribution in [2.24, 2.45) is 5.73 Å². The fourth-order valence-corrected chi connectivity index (χ4v) is 2.82. The normalized spacial score (nSPS) is 14.1. The lowest BCUT2D eigenvalue weighted by atomic mass is 10.3. The number of rotatable bonds is 8. The zero-order chi connectivity index (χ0) is 15.3. The molecule has 0 aromatic carbocycles. The molecule has 0 aromatic heterocycles. The number of amides is 1. The molecule has 1 unspecified atom stereocenters. The Balaban J connectivity index is 4.73. The fraction of sp³-hybridized carbons (Fsp3) is 0.857. The standard InChI is InChI=1S/C7H15IN2O7S2/c8-1-2-10(3-4-18(12,13)14)7(11)6(9)5-19(15,16)17/h6H,1-5,9H2,(H,12,13,14)(H,15,16,17). The average Bonchev–Trinajstić information content (AvgIpc) is 2.19. The number of nitrogens with zero attached hydrogens (tertiary/aromatic N) is 1. The zero-order valence-electron chi connectivity index (χ0n) is 9.77. The molecule has 0 bridgehead atoms. The first-order valence-electron chi connectivity index (χ1n) is 4.97. The Morgan fingerprint density at radius 3 is 2.05 bits per heavy atom. The number of nitrogens with two attached hydrogens (primary N) is 1. The summed E-state index contributed by atoms with van der Waals surface area (Å²) in [6.45, 7) is -0.159. The molecule has 9 nitrogen and oxygen atoms in total. The first-order valence-corrected chi connectivity index (χ1v) is 9.71. The monoisotopic (exact) mass is 430 g/mol. The van der Waals surface area contributed by atoms with Crippen molar-refractivity contribution in [3.8, 4) is 0 Å². The van der Waals surface area contributed by atoms with Gasteiger partial charge < -0.3 is 10.6 Å². The van der Waals surface area contributed by atoms with E-state index in [-0.39, 0.29) is 13.1 Å². The van der Waals surface area contributed by atoms with Gasteiger partial charge in [-0.25, -0.2) is 0 Å². The lowest BCUT2D eigenvalue weighted by Gasteiger charge is -2.24. The smallest absolute Gasteiger partial charge is 0.266 e. The molecule has 0 aliphatic heterocycles. The van der Waals surface area contributed by atoms with Crippen molar-refractivity contribution in [1.82, 2.24) is 4.90 Å². The van der Waals surface area contributed by atoms with Gasteiger partial charge in [0.2, 0.25) is 5.91 Å². The van der Waals surface area contributed by atoms with Crippen LogP contribution in [0.25, 0.3) is 0 Å². The van der Waals surface area contributed by atoms with Crippen LogP contribution in [0.2, 0.25) is 0 Å². The van der Waals surface area contributed by atoms with E-state index in [1.54, 1.807) is 0 Å². The van der Waals surface area contributed by atoms with E-state index in [9.17, 15) is 21.6 Å². The van der Waals surface area contributed by atoms with Crippen LogP contribution >= 0.6 is 22.6 Å². The number of halogens is 1. The minimum Gasteiger partial charge on any atom is -0.339 e. The van der Waals surface area contributed by atoms with Gasteiger partial charge in [0.25, 0.3) is 20.2 Å². The molecular weight excluding hydrogens is 415 g/mol. The van der Waals surface area contributed by atoms with E-state index in [1.807, 2.05) is 22.6 Å². The third kappa shape index (κ3) is 9.50. The highest BCUT2D eigenvalue weighted by Crippen LogP contribution is 2.00. The summed E-state index contributed by atoms with van der Waals surface area (Å²) >= 11 is 1.93. The van der Waals surface area contributed by atoms with Gasteiger partial charge in [-0.2, -0.15) is 16.8 Å². The molecule has 19 heavy (non-hydrogen) atoms. The molecule has 0 fully saturated rings. The highest BCUT2D eigenvalue weighted by atomic mass is 127. The molecule has 0 saturated heterocycles. The largest absolute Gasteiger partial charge is 0.339 e. The van der Waals surface area contributed by atoms with Crippen LogP contribution in [0.3, 0.4) is 0 Å². The molecule has 0 aromatic rings. The molecular formula is C7H15IN2O7S2. The first kappa shape index (κ1) is 19.0. The SMILES string of the molecule is NC(CS(=O)(=O)O)C(=O)N(CCI)CCS(=O)(=O)O. The summed E-state index contributed by atoms with van der Waals surface area (Å²) in [5.74, 6) is -2.43. The van der Waals surface area contributed by atoms with Crippen LogP contribution in [0.1, 0.15) is 0 Å². The van der Waals surface area contributed by atoms with Gasteiger partial charge in [0.05, 0.1) is 11.5 Å². The van der Waals surface area contributed by atoms with Crippen LogP contribution in [0, 0.1) is 0 Å². The van der Waals surface area contributed by atoms with Gasteiger partial charge in [-0.1, -0.05) is 22.6 Å². The molecule has 0 heterocycles. The molecule has 4 N–H and O–H groups in total. The Morgan fingerprint density at radius 1 is 1.16 bits per heavy atom. The molecule has 0 radical (unpaired) electrons. The van der Waals surface area contributed by atoms with E-state index in [0.29, 0.717) is 4.43 Å². The van der Waals surface area contributed by atoms with Crippen molar-refractivity contribution in [2.75, 3.05) is 29.0 Å². The Morgan fingerprint density at radius 2 is 1.68 bits per heavy atom. The molecule has 0 rings (SSSR count). The summed E-state index contributed by atoms with van der Waals surface area (Å²) in [5, 5.41) is 0. The fourth-order valence-electron chi connectivity index (χ4n) is 1.19.